The molecule has 0 saturated heterocycles. The number of benzene rings is 1. The third-order valence-electron chi connectivity index (χ3n) is 2.39. The predicted molar refractivity (Wildman–Crippen MR) is 63.3 cm³/mol. The minimum atomic E-state index is -0.758. The van der Waals surface area contributed by atoms with E-state index in [1.54, 1.807) is 48.8 Å². The van der Waals surface area contributed by atoms with Gasteiger partial charge in [0.25, 0.3) is 0 Å². The van der Waals surface area contributed by atoms with Gasteiger partial charge in [0.1, 0.15) is 0 Å². The van der Waals surface area contributed by atoms with Gasteiger partial charge in [-0.25, -0.2) is 5.06 Å². The summed E-state index contributed by atoms with van der Waals surface area (Å²) in [5, 5.41) is 20.1. The first-order chi connectivity index (χ1) is 8.33. The second-order valence-electron chi connectivity index (χ2n) is 3.50. The first kappa shape index (κ1) is 11.1. The molecule has 0 saturated carbocycles. The maximum atomic E-state index is 10.0. The Morgan fingerprint density at radius 3 is 2.53 bits per heavy atom. The van der Waals surface area contributed by atoms with E-state index in [1.807, 2.05) is 6.07 Å². The van der Waals surface area contributed by atoms with Crippen LogP contribution in [-0.4, -0.2) is 10.2 Å². The van der Waals surface area contributed by atoms with Gasteiger partial charge in [0.15, 0.2) is 6.04 Å². The summed E-state index contributed by atoms with van der Waals surface area (Å²) >= 11 is 0. The van der Waals surface area contributed by atoms with Crippen molar-refractivity contribution in [3.05, 3.63) is 60.4 Å². The number of para-hydroxylation sites is 1. The molecular formula is C13H11N3O. The summed E-state index contributed by atoms with van der Waals surface area (Å²) in [6.45, 7) is 0. The SMILES string of the molecule is N#CC(c1cccnc1)N(O)c1ccccc1. The van der Waals surface area contributed by atoms with Gasteiger partial charge in [0.05, 0.1) is 11.8 Å². The van der Waals surface area contributed by atoms with Crippen LogP contribution in [0.1, 0.15) is 11.6 Å². The number of hydrogen-bond donors (Lipinski definition) is 1. The van der Waals surface area contributed by atoms with E-state index in [-0.39, 0.29) is 0 Å². The number of hydrogen-bond acceptors (Lipinski definition) is 4. The van der Waals surface area contributed by atoms with Crippen molar-refractivity contribution in [2.45, 2.75) is 6.04 Å². The standard InChI is InChI=1S/C13H11N3O/c14-9-13(11-5-4-8-15-10-11)16(17)12-6-2-1-3-7-12/h1-8,10,13,17H. The molecule has 1 atom stereocenters. The zero-order valence-electron chi connectivity index (χ0n) is 9.06. The normalized spacial score (nSPS) is 11.5. The Labute approximate surface area is 99.3 Å². The minimum absolute atomic E-state index is 0.572. The lowest BCUT2D eigenvalue weighted by atomic mass is 10.1. The Morgan fingerprint density at radius 2 is 1.94 bits per heavy atom. The summed E-state index contributed by atoms with van der Waals surface area (Å²) < 4.78 is 0. The van der Waals surface area contributed by atoms with Crippen LogP contribution < -0.4 is 5.06 Å². The van der Waals surface area contributed by atoms with Gasteiger partial charge in [0.2, 0.25) is 0 Å². The molecule has 1 unspecified atom stereocenters. The van der Waals surface area contributed by atoms with Gasteiger partial charge >= 0.3 is 0 Å². The molecule has 0 fully saturated rings. The molecule has 0 aliphatic carbocycles. The average molecular weight is 225 g/mol. The van der Waals surface area contributed by atoms with Gasteiger partial charge < -0.3 is 0 Å². The van der Waals surface area contributed by atoms with E-state index in [1.165, 1.54) is 0 Å². The van der Waals surface area contributed by atoms with Gasteiger partial charge in [-0.2, -0.15) is 5.26 Å². The molecule has 4 nitrogen and oxygen atoms in total. The fourth-order valence-electron chi connectivity index (χ4n) is 1.54. The lowest BCUT2D eigenvalue weighted by Gasteiger charge is -2.22. The monoisotopic (exact) mass is 225 g/mol. The molecule has 0 bridgehead atoms. The fourth-order valence-corrected chi connectivity index (χ4v) is 1.54. The maximum Gasteiger partial charge on any atom is 0.169 e. The van der Waals surface area contributed by atoms with Crippen LogP contribution in [0.3, 0.4) is 0 Å². The third-order valence-corrected chi connectivity index (χ3v) is 2.39. The van der Waals surface area contributed by atoms with Crippen LogP contribution in [0.25, 0.3) is 0 Å². The fraction of sp³-hybridized carbons (Fsp3) is 0.0769. The van der Waals surface area contributed by atoms with Gasteiger partial charge in [-0.05, 0) is 18.2 Å². The van der Waals surface area contributed by atoms with E-state index in [0.717, 1.165) is 5.06 Å². The van der Waals surface area contributed by atoms with Crippen LogP contribution in [0.4, 0.5) is 5.69 Å². The Kier molecular flexibility index (Phi) is 3.34. The van der Waals surface area contributed by atoms with E-state index in [4.69, 9.17) is 5.26 Å². The molecule has 0 aliphatic rings. The molecular weight excluding hydrogens is 214 g/mol. The topological polar surface area (TPSA) is 60.2 Å². The number of pyridine rings is 1. The zero-order chi connectivity index (χ0) is 12.1. The molecule has 0 aliphatic heterocycles. The summed E-state index contributed by atoms with van der Waals surface area (Å²) in [5.74, 6) is 0. The summed E-state index contributed by atoms with van der Waals surface area (Å²) in [4.78, 5) is 3.94. The van der Waals surface area contributed by atoms with Crippen molar-refractivity contribution in [2.75, 3.05) is 5.06 Å². The van der Waals surface area contributed by atoms with Crippen molar-refractivity contribution in [3.63, 3.8) is 0 Å². The Hall–Kier alpha value is -2.38. The van der Waals surface area contributed by atoms with Crippen LogP contribution in [0.15, 0.2) is 54.9 Å². The highest BCUT2D eigenvalue weighted by Crippen LogP contribution is 2.23. The van der Waals surface area contributed by atoms with Crippen LogP contribution >= 0.6 is 0 Å². The molecule has 2 aromatic rings. The number of anilines is 1. The Bertz CT molecular complexity index is 507. The summed E-state index contributed by atoms with van der Waals surface area (Å²) in [7, 11) is 0. The molecule has 2 rings (SSSR count). The molecule has 0 amide bonds. The van der Waals surface area contributed by atoms with E-state index in [2.05, 4.69) is 11.1 Å². The Balaban J connectivity index is 2.30. The number of nitriles is 1. The van der Waals surface area contributed by atoms with Crippen LogP contribution in [0, 0.1) is 11.3 Å². The molecule has 1 heterocycles. The van der Waals surface area contributed by atoms with Gasteiger partial charge in [-0.1, -0.05) is 24.3 Å². The van der Waals surface area contributed by atoms with Gasteiger partial charge in [0, 0.05) is 18.0 Å². The van der Waals surface area contributed by atoms with E-state index in [0.29, 0.717) is 11.3 Å². The van der Waals surface area contributed by atoms with Crippen molar-refractivity contribution in [3.8, 4) is 6.07 Å². The number of aromatic nitrogens is 1. The molecule has 0 spiro atoms. The average Bonchev–Trinajstić information content (AvgIpc) is 2.42. The molecule has 84 valence electrons. The van der Waals surface area contributed by atoms with Crippen LogP contribution in [0.5, 0.6) is 0 Å². The van der Waals surface area contributed by atoms with Crippen LogP contribution in [-0.2, 0) is 0 Å². The first-order valence-electron chi connectivity index (χ1n) is 5.15. The van der Waals surface area contributed by atoms with E-state index in [9.17, 15) is 5.21 Å². The van der Waals surface area contributed by atoms with Crippen molar-refractivity contribution in [1.29, 1.82) is 5.26 Å². The quantitative estimate of drug-likeness (QED) is 0.815. The van der Waals surface area contributed by atoms with Crippen molar-refractivity contribution in [2.24, 2.45) is 0 Å². The highest BCUT2D eigenvalue weighted by atomic mass is 16.5. The smallest absolute Gasteiger partial charge is 0.169 e. The Morgan fingerprint density at radius 1 is 1.18 bits per heavy atom. The highest BCUT2D eigenvalue weighted by Gasteiger charge is 2.18. The zero-order valence-corrected chi connectivity index (χ0v) is 9.06. The lowest BCUT2D eigenvalue weighted by molar-refractivity contribution is 0.236. The summed E-state index contributed by atoms with van der Waals surface area (Å²) in [6, 6.07) is 13.7. The molecule has 17 heavy (non-hydrogen) atoms. The second-order valence-corrected chi connectivity index (χ2v) is 3.50. The number of rotatable bonds is 3. The van der Waals surface area contributed by atoms with Crippen LogP contribution in [0.2, 0.25) is 0 Å². The molecule has 1 aromatic heterocycles. The van der Waals surface area contributed by atoms with Crippen molar-refractivity contribution < 1.29 is 5.21 Å². The van der Waals surface area contributed by atoms with Crippen molar-refractivity contribution >= 4 is 5.69 Å². The van der Waals surface area contributed by atoms with Gasteiger partial charge in [-0.3, -0.25) is 10.2 Å². The largest absolute Gasteiger partial charge is 0.287 e. The summed E-state index contributed by atoms with van der Waals surface area (Å²) in [6.07, 6.45) is 3.20. The maximum absolute atomic E-state index is 10.0. The summed E-state index contributed by atoms with van der Waals surface area (Å²) in [5.41, 5.74) is 1.23. The lowest BCUT2D eigenvalue weighted by Crippen LogP contribution is -2.23. The highest BCUT2D eigenvalue weighted by molar-refractivity contribution is 5.47. The predicted octanol–water partition coefficient (Wildman–Crippen LogP) is 2.54. The minimum Gasteiger partial charge on any atom is -0.287 e. The molecule has 0 radical (unpaired) electrons. The first-order valence-corrected chi connectivity index (χ1v) is 5.15. The van der Waals surface area contributed by atoms with E-state index >= 15 is 0 Å². The number of hydroxylamine groups is 1. The second kappa shape index (κ2) is 5.10. The third kappa shape index (κ3) is 2.41. The van der Waals surface area contributed by atoms with E-state index < -0.39 is 6.04 Å². The molecule has 1 N–H and O–H groups in total. The van der Waals surface area contributed by atoms with Crippen molar-refractivity contribution in [1.82, 2.24) is 4.98 Å². The molecule has 4 heteroatoms. The van der Waals surface area contributed by atoms with Gasteiger partial charge in [-0.15, -0.1) is 0 Å². The number of nitrogens with zero attached hydrogens (tertiary/aromatic N) is 3. The molecule has 1 aromatic carbocycles.